The summed E-state index contributed by atoms with van der Waals surface area (Å²) in [6.45, 7) is 12.5. The molecular weight excluding hydrogens is 458 g/mol. The van der Waals surface area contributed by atoms with Crippen LogP contribution in [0.5, 0.6) is 0 Å². The van der Waals surface area contributed by atoms with Crippen LogP contribution in [-0.2, 0) is 14.3 Å². The van der Waals surface area contributed by atoms with E-state index in [1.165, 1.54) is 96.3 Å². The van der Waals surface area contributed by atoms with Crippen LogP contribution in [-0.4, -0.2) is 60.2 Å². The molecule has 0 atom stereocenters. The second-order valence-corrected chi connectivity index (χ2v) is 8.96. The summed E-state index contributed by atoms with van der Waals surface area (Å²) in [6.07, 6.45) is 22.6. The number of aliphatic hydroxyl groups is 2. The highest BCUT2D eigenvalue weighted by Gasteiger charge is 2.01. The number of carbonyl (C=O) groups excluding carboxylic acids is 1. The van der Waals surface area contributed by atoms with E-state index in [0.717, 1.165) is 12.5 Å². The molecule has 0 aliphatic rings. The molecule has 4 N–H and O–H groups in total. The van der Waals surface area contributed by atoms with E-state index in [-0.39, 0.29) is 19.2 Å². The van der Waals surface area contributed by atoms with E-state index in [0.29, 0.717) is 25.3 Å². The molecule has 7 heteroatoms. The summed E-state index contributed by atoms with van der Waals surface area (Å²) in [6, 6.07) is 0. The smallest absolute Gasteiger partial charge is 0.333 e. The Morgan fingerprint density at radius 3 is 1.36 bits per heavy atom. The van der Waals surface area contributed by atoms with E-state index in [4.69, 9.17) is 20.1 Å². The first kappa shape index (κ1) is 38.8. The lowest BCUT2D eigenvalue weighted by Crippen LogP contribution is -2.21. The first-order chi connectivity index (χ1) is 17.4. The maximum atomic E-state index is 11.2. The lowest BCUT2D eigenvalue weighted by atomic mass is 10.0. The van der Waals surface area contributed by atoms with Crippen LogP contribution in [0.3, 0.4) is 0 Å². The number of aliphatic hydroxyl groups excluding tert-OH is 2. The third-order valence-electron chi connectivity index (χ3n) is 5.33. The topological polar surface area (TPSA) is 116 Å². The Morgan fingerprint density at radius 2 is 1.08 bits per heavy atom. The minimum Gasteiger partial charge on any atom is -0.478 e. The highest BCUT2D eigenvalue weighted by molar-refractivity contribution is 5.86. The van der Waals surface area contributed by atoms with Crippen molar-refractivity contribution in [1.82, 2.24) is 5.32 Å². The number of carbonyl (C=O) groups is 2. The van der Waals surface area contributed by atoms with E-state index in [1.807, 2.05) is 0 Å². The zero-order chi connectivity index (χ0) is 27.7. The molecule has 0 aliphatic carbocycles. The van der Waals surface area contributed by atoms with Gasteiger partial charge in [0, 0.05) is 24.7 Å². The van der Waals surface area contributed by atoms with Gasteiger partial charge in [-0.25, -0.2) is 9.59 Å². The van der Waals surface area contributed by atoms with Crippen LogP contribution in [0.4, 0.5) is 0 Å². The fraction of sp³-hybridized carbons (Fsp3) is 0.793. The van der Waals surface area contributed by atoms with Crippen molar-refractivity contribution in [2.24, 2.45) is 0 Å². The lowest BCUT2D eigenvalue weighted by molar-refractivity contribution is -0.139. The van der Waals surface area contributed by atoms with E-state index in [2.05, 4.69) is 25.4 Å². The highest BCUT2D eigenvalue weighted by atomic mass is 16.5. The standard InChI is InChI=1S/C22H42O2.C4H11NO2.C3H4O2/c1-4-5-6-7-8-9-10-11-12-13-14-15-16-17-18-19-20-24-22(23)21(2)3;6-3-1-5-2-4-7;1-2-3(4)5/h2,4-20H2,1,3H3;5-7H,1-4H2;2H,1H2,(H,4,5). The lowest BCUT2D eigenvalue weighted by Gasteiger charge is -2.05. The number of aliphatic carboxylic acids is 1. The molecule has 0 saturated heterocycles. The molecule has 0 rings (SSSR count). The monoisotopic (exact) mass is 515 g/mol. The number of unbranched alkanes of at least 4 members (excludes halogenated alkanes) is 15. The fourth-order valence-corrected chi connectivity index (χ4v) is 3.22. The summed E-state index contributed by atoms with van der Waals surface area (Å²) < 4.78 is 5.08. The van der Waals surface area contributed by atoms with Crippen LogP contribution in [0.25, 0.3) is 0 Å². The molecule has 214 valence electrons. The van der Waals surface area contributed by atoms with Gasteiger partial charge in [-0.05, 0) is 13.3 Å². The van der Waals surface area contributed by atoms with Gasteiger partial charge < -0.3 is 25.4 Å². The number of rotatable bonds is 23. The molecule has 0 aromatic carbocycles. The van der Waals surface area contributed by atoms with Crippen molar-refractivity contribution in [2.45, 2.75) is 117 Å². The predicted octanol–water partition coefficient (Wildman–Crippen LogP) is 6.18. The van der Waals surface area contributed by atoms with Gasteiger partial charge in [0.1, 0.15) is 0 Å². The molecule has 36 heavy (non-hydrogen) atoms. The number of hydrogen-bond donors (Lipinski definition) is 4. The highest BCUT2D eigenvalue weighted by Crippen LogP contribution is 2.13. The number of ether oxygens (including phenoxy) is 1. The van der Waals surface area contributed by atoms with Crippen LogP contribution < -0.4 is 5.32 Å². The molecule has 0 fully saturated rings. The second-order valence-electron chi connectivity index (χ2n) is 8.96. The fourth-order valence-electron chi connectivity index (χ4n) is 3.22. The van der Waals surface area contributed by atoms with E-state index in [9.17, 15) is 9.59 Å². The van der Waals surface area contributed by atoms with Gasteiger partial charge in [-0.1, -0.05) is 116 Å². The third-order valence-corrected chi connectivity index (χ3v) is 5.33. The molecule has 0 radical (unpaired) electrons. The molecule has 7 nitrogen and oxygen atoms in total. The van der Waals surface area contributed by atoms with Gasteiger partial charge in [0.15, 0.2) is 0 Å². The van der Waals surface area contributed by atoms with Crippen molar-refractivity contribution in [3.05, 3.63) is 24.8 Å². The SMILES string of the molecule is C=C(C)C(=O)OCCCCCCCCCCCCCCCCCC.C=CC(=O)O.OCCNCCO. The number of nitrogens with one attached hydrogen (secondary N) is 1. The summed E-state index contributed by atoms with van der Waals surface area (Å²) in [5.41, 5.74) is 0.492. The normalized spacial score (nSPS) is 9.89. The van der Waals surface area contributed by atoms with Crippen molar-refractivity contribution in [1.29, 1.82) is 0 Å². The minimum atomic E-state index is -0.981. The number of esters is 1. The van der Waals surface area contributed by atoms with Gasteiger partial charge >= 0.3 is 11.9 Å². The molecule has 0 amide bonds. The molecule has 0 aromatic heterocycles. The number of hydrogen-bond acceptors (Lipinski definition) is 6. The van der Waals surface area contributed by atoms with Crippen LogP contribution in [0.15, 0.2) is 24.8 Å². The first-order valence-electron chi connectivity index (χ1n) is 14.0. The largest absolute Gasteiger partial charge is 0.478 e. The number of carboxylic acid groups (broad SMARTS) is 1. The molecule has 0 aliphatic heterocycles. The maximum absolute atomic E-state index is 11.2. The van der Waals surface area contributed by atoms with Crippen molar-refractivity contribution in [2.75, 3.05) is 32.9 Å². The first-order valence-corrected chi connectivity index (χ1v) is 14.0. The van der Waals surface area contributed by atoms with E-state index >= 15 is 0 Å². The van der Waals surface area contributed by atoms with Gasteiger partial charge in [0.2, 0.25) is 0 Å². The van der Waals surface area contributed by atoms with Crippen molar-refractivity contribution in [3.63, 3.8) is 0 Å². The van der Waals surface area contributed by atoms with Gasteiger partial charge in [0.25, 0.3) is 0 Å². The van der Waals surface area contributed by atoms with Gasteiger partial charge in [-0.15, -0.1) is 0 Å². The predicted molar refractivity (Wildman–Crippen MR) is 150 cm³/mol. The molecule has 0 bridgehead atoms. The summed E-state index contributed by atoms with van der Waals surface area (Å²) in [4.78, 5) is 20.4. The Morgan fingerprint density at radius 1 is 0.750 bits per heavy atom. The van der Waals surface area contributed by atoms with Crippen LogP contribution >= 0.6 is 0 Å². The van der Waals surface area contributed by atoms with Crippen molar-refractivity contribution >= 4 is 11.9 Å². The average molecular weight is 516 g/mol. The van der Waals surface area contributed by atoms with E-state index in [1.54, 1.807) is 6.92 Å². The van der Waals surface area contributed by atoms with Gasteiger partial charge in [-0.3, -0.25) is 0 Å². The molecule has 0 aromatic rings. The van der Waals surface area contributed by atoms with Crippen LogP contribution in [0.2, 0.25) is 0 Å². The molecule has 0 heterocycles. The Bertz CT molecular complexity index is 492. The summed E-state index contributed by atoms with van der Waals surface area (Å²) in [5, 5.41) is 26.7. The molecule has 0 saturated carbocycles. The van der Waals surface area contributed by atoms with Crippen LogP contribution in [0, 0.1) is 0 Å². The Hall–Kier alpha value is -1.70. The molecule has 0 unspecified atom stereocenters. The van der Waals surface area contributed by atoms with Gasteiger partial charge in [-0.2, -0.15) is 0 Å². The Balaban J connectivity index is -0.000000743. The average Bonchev–Trinajstić information content (AvgIpc) is 2.86. The number of carboxylic acids is 1. The van der Waals surface area contributed by atoms with Crippen LogP contribution in [0.1, 0.15) is 117 Å². The third kappa shape index (κ3) is 42.5. The van der Waals surface area contributed by atoms with Crippen molar-refractivity contribution in [3.8, 4) is 0 Å². The Labute approximate surface area is 221 Å². The quantitative estimate of drug-likeness (QED) is 0.0729. The van der Waals surface area contributed by atoms with Gasteiger partial charge in [0.05, 0.1) is 19.8 Å². The van der Waals surface area contributed by atoms with Crippen molar-refractivity contribution < 1.29 is 29.6 Å². The molecular formula is C29H57NO6. The zero-order valence-electron chi connectivity index (χ0n) is 23.4. The zero-order valence-corrected chi connectivity index (χ0v) is 23.4. The van der Waals surface area contributed by atoms with E-state index < -0.39 is 5.97 Å². The summed E-state index contributed by atoms with van der Waals surface area (Å²) in [5.74, 6) is -1.24. The minimum absolute atomic E-state index is 0.139. The molecule has 0 spiro atoms. The maximum Gasteiger partial charge on any atom is 0.333 e. The Kier molecular flexibility index (Phi) is 38.2. The summed E-state index contributed by atoms with van der Waals surface area (Å²) >= 11 is 0. The second kappa shape index (κ2) is 35.5. The summed E-state index contributed by atoms with van der Waals surface area (Å²) in [7, 11) is 0.